The Labute approximate surface area is 431 Å². The second-order valence-corrected chi connectivity index (χ2v) is 18.5. The van der Waals surface area contributed by atoms with E-state index < -0.39 is 36.0 Å². The van der Waals surface area contributed by atoms with Gasteiger partial charge in [0.2, 0.25) is 17.7 Å². The van der Waals surface area contributed by atoms with Gasteiger partial charge in [-0.25, -0.2) is 24.1 Å². The molecule has 7 N–H and O–H groups in total. The highest BCUT2D eigenvalue weighted by atomic mass is 35.5. The van der Waals surface area contributed by atoms with E-state index in [0.29, 0.717) is 64.1 Å². The van der Waals surface area contributed by atoms with Crippen molar-refractivity contribution in [3.63, 3.8) is 0 Å². The van der Waals surface area contributed by atoms with Gasteiger partial charge in [-0.1, -0.05) is 62.2 Å². The first-order valence-corrected chi connectivity index (χ1v) is 24.5. The highest BCUT2D eigenvalue weighted by Gasteiger charge is 2.29. The lowest BCUT2D eigenvalue weighted by Gasteiger charge is -2.25. The van der Waals surface area contributed by atoms with E-state index in [1.165, 1.54) is 23.4 Å². The van der Waals surface area contributed by atoms with Gasteiger partial charge in [-0.3, -0.25) is 38.8 Å². The Morgan fingerprint density at radius 2 is 1.62 bits per heavy atom. The number of hydrogen-bond donors (Lipinski definition) is 6. The van der Waals surface area contributed by atoms with Crippen LogP contribution in [0.2, 0.25) is 5.02 Å². The highest BCUT2D eigenvalue weighted by molar-refractivity contribution is 6.30. The fourth-order valence-electron chi connectivity index (χ4n) is 8.11. The van der Waals surface area contributed by atoms with Gasteiger partial charge in [0.25, 0.3) is 11.8 Å². The average Bonchev–Trinajstić information content (AvgIpc) is 4.11. The van der Waals surface area contributed by atoms with Crippen LogP contribution in [0.3, 0.4) is 0 Å². The number of carbonyl (C=O) groups is 7. The molecular formula is C52H58ClN13O8. The lowest BCUT2D eigenvalue weighted by molar-refractivity contribution is -0.137. The van der Waals surface area contributed by atoms with Crippen LogP contribution in [0.25, 0.3) is 28.3 Å². The Balaban J connectivity index is 0.985. The van der Waals surface area contributed by atoms with Gasteiger partial charge < -0.3 is 36.7 Å². The first kappa shape index (κ1) is 53.3. The number of aryl methyl sites for hydroxylation is 1. The van der Waals surface area contributed by atoms with Crippen molar-refractivity contribution in [2.24, 2.45) is 11.7 Å². The van der Waals surface area contributed by atoms with E-state index in [-0.39, 0.29) is 75.7 Å². The van der Waals surface area contributed by atoms with Crippen molar-refractivity contribution in [3.05, 3.63) is 131 Å². The number of nitrogens with two attached hydrogens (primary N) is 1. The van der Waals surface area contributed by atoms with Crippen LogP contribution in [0.15, 0.2) is 104 Å². The molecule has 1 aliphatic heterocycles. The van der Waals surface area contributed by atoms with E-state index in [1.807, 2.05) is 49.5 Å². The molecular weight excluding hydrogens is 970 g/mol. The minimum absolute atomic E-state index is 0.0222. The Morgan fingerprint density at radius 1 is 0.851 bits per heavy atom. The van der Waals surface area contributed by atoms with Gasteiger partial charge in [-0.15, -0.1) is 0 Å². The topological polar surface area (TPSA) is 281 Å². The van der Waals surface area contributed by atoms with E-state index in [9.17, 15) is 33.6 Å². The zero-order valence-corrected chi connectivity index (χ0v) is 41.9. The van der Waals surface area contributed by atoms with Crippen LogP contribution in [0.1, 0.15) is 75.0 Å². The minimum atomic E-state index is -1.07. The SMILES string of the molecule is Cc1cccc(-c2[nH]c(CN(Cc3cccc(Cl)c3)C(=O)OCc3ccc(NC(=O)C(CCCNC(N)=O)NC(=O)C(NC(=O)CCCCCN4C(=O)C=CC4=O)C(C)C)cc3)nc2-c2ccc3ncnn3c2)n1. The minimum Gasteiger partial charge on any atom is -0.445 e. The first-order valence-electron chi connectivity index (χ1n) is 24.2. The predicted molar refractivity (Wildman–Crippen MR) is 274 cm³/mol. The smallest absolute Gasteiger partial charge is 0.410 e. The number of aromatic nitrogens is 6. The zero-order valence-electron chi connectivity index (χ0n) is 41.2. The zero-order chi connectivity index (χ0) is 52.7. The second-order valence-electron chi connectivity index (χ2n) is 18.0. The number of nitrogens with one attached hydrogen (secondary N) is 5. The van der Waals surface area contributed by atoms with Crippen molar-refractivity contribution in [1.29, 1.82) is 0 Å². The molecule has 0 spiro atoms. The number of nitrogens with zero attached hydrogens (tertiary/aromatic N) is 7. The molecule has 2 unspecified atom stereocenters. The number of imidazole rings is 1. The van der Waals surface area contributed by atoms with Gasteiger partial charge in [0.05, 0.1) is 23.6 Å². The van der Waals surface area contributed by atoms with Crippen molar-refractivity contribution in [2.75, 3.05) is 18.4 Å². The van der Waals surface area contributed by atoms with Crippen LogP contribution in [0.4, 0.5) is 15.3 Å². The molecule has 74 heavy (non-hydrogen) atoms. The molecule has 5 heterocycles. The summed E-state index contributed by atoms with van der Waals surface area (Å²) in [6.45, 7) is 5.87. The van der Waals surface area contributed by atoms with Gasteiger partial charge >= 0.3 is 12.1 Å². The number of imide groups is 1. The number of amides is 8. The fraction of sp³-hybridized carbons (Fsp3) is 0.327. The summed E-state index contributed by atoms with van der Waals surface area (Å²) < 4.78 is 7.53. The van der Waals surface area contributed by atoms with Gasteiger partial charge in [0.1, 0.15) is 30.8 Å². The number of halogens is 1. The summed E-state index contributed by atoms with van der Waals surface area (Å²) in [6.07, 6.45) is 7.20. The van der Waals surface area contributed by atoms with E-state index in [1.54, 1.807) is 60.8 Å². The molecule has 0 bridgehead atoms. The third-order valence-electron chi connectivity index (χ3n) is 11.9. The van der Waals surface area contributed by atoms with Crippen molar-refractivity contribution < 1.29 is 38.3 Å². The molecule has 22 heteroatoms. The maximum Gasteiger partial charge on any atom is 0.410 e. The Kier molecular flexibility index (Phi) is 18.2. The van der Waals surface area contributed by atoms with Gasteiger partial charge in [-0.05, 0) is 98.2 Å². The van der Waals surface area contributed by atoms with E-state index in [2.05, 4.69) is 36.3 Å². The van der Waals surface area contributed by atoms with Crippen LogP contribution >= 0.6 is 11.6 Å². The number of H-pyrrole nitrogens is 1. The molecule has 0 radical (unpaired) electrons. The summed E-state index contributed by atoms with van der Waals surface area (Å²) in [5.41, 5.74) is 11.1. The Hall–Kier alpha value is -8.46. The number of rotatable bonds is 24. The molecule has 0 aliphatic carbocycles. The molecule has 1 aliphatic rings. The van der Waals surface area contributed by atoms with E-state index in [0.717, 1.165) is 21.7 Å². The van der Waals surface area contributed by atoms with Crippen LogP contribution in [-0.2, 0) is 48.4 Å². The van der Waals surface area contributed by atoms with Crippen molar-refractivity contribution in [1.82, 2.24) is 55.3 Å². The molecule has 0 saturated carbocycles. The van der Waals surface area contributed by atoms with E-state index >= 15 is 0 Å². The third kappa shape index (κ3) is 14.8. The lowest BCUT2D eigenvalue weighted by Crippen LogP contribution is -2.54. The highest BCUT2D eigenvalue weighted by Crippen LogP contribution is 2.30. The quantitative estimate of drug-likeness (QED) is 0.0302. The molecule has 2 atom stereocenters. The molecule has 2 aromatic carbocycles. The molecule has 0 fully saturated rings. The number of primary amides is 1. The van der Waals surface area contributed by atoms with Crippen LogP contribution in [0, 0.1) is 12.8 Å². The van der Waals surface area contributed by atoms with Crippen LogP contribution in [0.5, 0.6) is 0 Å². The molecule has 8 amide bonds. The summed E-state index contributed by atoms with van der Waals surface area (Å²) in [5, 5.41) is 15.7. The van der Waals surface area contributed by atoms with E-state index in [4.69, 9.17) is 32.0 Å². The summed E-state index contributed by atoms with van der Waals surface area (Å²) in [4.78, 5) is 109. The Morgan fingerprint density at radius 3 is 2.35 bits per heavy atom. The number of urea groups is 1. The summed E-state index contributed by atoms with van der Waals surface area (Å²) in [5.74, 6) is -2.08. The number of hydrogen-bond acceptors (Lipinski definition) is 12. The molecule has 0 saturated heterocycles. The van der Waals surface area contributed by atoms with Gasteiger partial charge in [0, 0.05) is 66.4 Å². The summed E-state index contributed by atoms with van der Waals surface area (Å²) in [7, 11) is 0. The van der Waals surface area contributed by atoms with Crippen molar-refractivity contribution in [2.45, 2.75) is 91.1 Å². The fourth-order valence-corrected chi connectivity index (χ4v) is 8.33. The molecule has 386 valence electrons. The summed E-state index contributed by atoms with van der Waals surface area (Å²) in [6, 6.07) is 20.5. The predicted octanol–water partition coefficient (Wildman–Crippen LogP) is 5.98. The summed E-state index contributed by atoms with van der Waals surface area (Å²) >= 11 is 6.36. The number of pyridine rings is 2. The monoisotopic (exact) mass is 1030 g/mol. The average molecular weight is 1030 g/mol. The van der Waals surface area contributed by atoms with Crippen LogP contribution < -0.4 is 27.0 Å². The standard InChI is InChI=1S/C52H58ClN13O8/c1-32(2)46(63-43(67)15-5-4-6-25-65-44(68)22-23-45(65)69)50(71)60-40(14-9-24-55-51(54)72)49(70)59-38-19-16-34(17-20-38)30-74-52(73)64(27-35-11-8-12-37(53)26-35)29-41-61-47(36-18-21-42-56-31-57-66(42)28-36)48(62-41)39-13-7-10-33(3)58-39/h7-8,10-13,16-23,26,28,31-32,40,46H,4-6,9,14-15,24-25,27,29-30H2,1-3H3,(H,59,70)(H,60,71)(H,61,62)(H,63,67)(H3,54,55,72). The first-order chi connectivity index (χ1) is 35.6. The molecule has 7 rings (SSSR count). The normalized spacial score (nSPS) is 13.0. The number of carbonyl (C=O) groups excluding carboxylic acids is 7. The number of aromatic amines is 1. The molecule has 4 aromatic heterocycles. The number of benzene rings is 2. The molecule has 6 aromatic rings. The van der Waals surface area contributed by atoms with Crippen molar-refractivity contribution in [3.8, 4) is 22.6 Å². The van der Waals surface area contributed by atoms with Crippen LogP contribution in [-0.4, -0.2) is 106 Å². The van der Waals surface area contributed by atoms with Crippen molar-refractivity contribution >= 4 is 64.6 Å². The Bertz CT molecular complexity index is 3010. The molecule has 21 nitrogen and oxygen atoms in total. The number of fused-ring (bicyclic) bond motifs is 1. The van der Waals surface area contributed by atoms with Gasteiger partial charge in [-0.2, -0.15) is 5.10 Å². The van der Waals surface area contributed by atoms with Gasteiger partial charge in [0.15, 0.2) is 5.65 Å². The maximum atomic E-state index is 14.0. The largest absolute Gasteiger partial charge is 0.445 e. The number of anilines is 1. The third-order valence-corrected chi connectivity index (χ3v) is 12.2. The number of unbranched alkanes of at least 4 members (excludes halogenated alkanes) is 2. The second kappa shape index (κ2) is 25.3. The number of ether oxygens (including phenoxy) is 1. The maximum absolute atomic E-state index is 14.0. The lowest BCUT2D eigenvalue weighted by atomic mass is 10.0.